The molecule has 0 spiro atoms. The van der Waals surface area contributed by atoms with Gasteiger partial charge in [0, 0.05) is 17.2 Å². The summed E-state index contributed by atoms with van der Waals surface area (Å²) in [6, 6.07) is 3.17. The minimum atomic E-state index is -0.668. The van der Waals surface area contributed by atoms with E-state index in [9.17, 15) is 14.4 Å². The molecule has 174 valence electrons. The topological polar surface area (TPSA) is 84.9 Å². The number of ether oxygens (including phenoxy) is 2. The lowest BCUT2D eigenvalue weighted by molar-refractivity contribution is -0.159. The van der Waals surface area contributed by atoms with Crippen molar-refractivity contribution in [3.05, 3.63) is 33.7 Å². The quantitative estimate of drug-likeness (QED) is 0.499. The lowest BCUT2D eigenvalue weighted by atomic mass is 9.97. The van der Waals surface area contributed by atoms with E-state index in [0.717, 1.165) is 36.3 Å². The number of hydrogen-bond acceptors (Lipinski definition) is 7. The van der Waals surface area contributed by atoms with E-state index in [1.165, 1.54) is 16.2 Å². The maximum atomic E-state index is 13.1. The molecule has 2 saturated heterocycles. The predicted octanol–water partition coefficient (Wildman–Crippen LogP) is 3.25. The number of nitrogens with one attached hydrogen (secondary N) is 1. The lowest BCUT2D eigenvalue weighted by Crippen LogP contribution is -2.70. The highest BCUT2D eigenvalue weighted by atomic mass is 32.2. The number of amides is 2. The number of esters is 1. The molecule has 0 saturated carbocycles. The highest BCUT2D eigenvalue weighted by Crippen LogP contribution is 2.42. The summed E-state index contributed by atoms with van der Waals surface area (Å²) in [5.74, 6) is -0.314. The lowest BCUT2D eigenvalue weighted by Gasteiger charge is -2.50. The Morgan fingerprint density at radius 3 is 2.78 bits per heavy atom. The first-order valence-electron chi connectivity index (χ1n) is 11.1. The Morgan fingerprint density at radius 2 is 2.12 bits per heavy atom. The molecule has 0 radical (unpaired) electrons. The molecule has 1 aromatic heterocycles. The fraction of sp³-hybridized carbons (Fsp3) is 0.609. The van der Waals surface area contributed by atoms with Crippen molar-refractivity contribution in [3.8, 4) is 0 Å². The molecule has 0 bridgehead atoms. The van der Waals surface area contributed by atoms with Gasteiger partial charge in [-0.2, -0.15) is 0 Å². The van der Waals surface area contributed by atoms with Crippen molar-refractivity contribution in [2.75, 3.05) is 12.4 Å². The minimum absolute atomic E-state index is 0.0611. The average Bonchev–Trinajstić information content (AvgIpc) is 3.24. The van der Waals surface area contributed by atoms with Crippen molar-refractivity contribution < 1.29 is 23.9 Å². The highest BCUT2D eigenvalue weighted by molar-refractivity contribution is 8.00. The molecule has 32 heavy (non-hydrogen) atoms. The van der Waals surface area contributed by atoms with Gasteiger partial charge in [0.2, 0.25) is 5.91 Å². The summed E-state index contributed by atoms with van der Waals surface area (Å²) in [6.45, 7) is 6.18. The van der Waals surface area contributed by atoms with Crippen LogP contribution in [0, 0.1) is 0 Å². The maximum absolute atomic E-state index is 13.1. The van der Waals surface area contributed by atoms with E-state index in [2.05, 4.69) is 5.32 Å². The van der Waals surface area contributed by atoms with E-state index in [4.69, 9.17) is 9.47 Å². The summed E-state index contributed by atoms with van der Waals surface area (Å²) in [5, 5.41) is 4.49. The minimum Gasteiger partial charge on any atom is -0.455 e. The van der Waals surface area contributed by atoms with Crippen LogP contribution in [0.2, 0.25) is 0 Å². The number of carbonyl (C=O) groups excluding carboxylic acids is 3. The zero-order valence-electron chi connectivity index (χ0n) is 18.7. The summed E-state index contributed by atoms with van der Waals surface area (Å²) >= 11 is 3.09. The summed E-state index contributed by atoms with van der Waals surface area (Å²) in [4.78, 5) is 41.1. The Kier molecular flexibility index (Phi) is 6.97. The van der Waals surface area contributed by atoms with Gasteiger partial charge in [-0.3, -0.25) is 14.5 Å². The van der Waals surface area contributed by atoms with Crippen LogP contribution in [0.25, 0.3) is 0 Å². The highest BCUT2D eigenvalue weighted by Gasteiger charge is 2.54. The third kappa shape index (κ3) is 5.21. The number of β-lactam (4-membered cyclic amide) rings is 1. The number of hydrogen-bond donors (Lipinski definition) is 1. The van der Waals surface area contributed by atoms with Crippen LogP contribution >= 0.6 is 23.1 Å². The van der Waals surface area contributed by atoms with Gasteiger partial charge in [-0.15, -0.1) is 23.1 Å². The zero-order chi connectivity index (χ0) is 22.9. The Bertz CT molecular complexity index is 900. The van der Waals surface area contributed by atoms with Crippen LogP contribution in [-0.2, 0) is 30.3 Å². The summed E-state index contributed by atoms with van der Waals surface area (Å²) in [7, 11) is 0. The van der Waals surface area contributed by atoms with Crippen molar-refractivity contribution >= 4 is 40.9 Å². The average molecular weight is 479 g/mol. The van der Waals surface area contributed by atoms with E-state index >= 15 is 0 Å². The van der Waals surface area contributed by atoms with Gasteiger partial charge in [0.1, 0.15) is 22.7 Å². The Morgan fingerprint density at radius 1 is 1.31 bits per heavy atom. The van der Waals surface area contributed by atoms with Gasteiger partial charge < -0.3 is 14.8 Å². The molecule has 4 rings (SSSR count). The molecule has 2 amide bonds. The van der Waals surface area contributed by atoms with Gasteiger partial charge in [0.15, 0.2) is 0 Å². The molecule has 3 aliphatic heterocycles. The summed E-state index contributed by atoms with van der Waals surface area (Å²) < 4.78 is 11.5. The van der Waals surface area contributed by atoms with Crippen LogP contribution in [0.1, 0.15) is 51.3 Å². The second kappa shape index (κ2) is 9.57. The van der Waals surface area contributed by atoms with Crippen LogP contribution in [0.15, 0.2) is 28.8 Å². The van der Waals surface area contributed by atoms with Gasteiger partial charge in [0.25, 0.3) is 5.91 Å². The fourth-order valence-electron chi connectivity index (χ4n) is 4.19. The molecule has 9 heteroatoms. The second-order valence-corrected chi connectivity index (χ2v) is 11.5. The van der Waals surface area contributed by atoms with E-state index in [1.54, 1.807) is 11.8 Å². The smallest absolute Gasteiger partial charge is 0.355 e. The van der Waals surface area contributed by atoms with Gasteiger partial charge in [-0.1, -0.05) is 6.07 Å². The van der Waals surface area contributed by atoms with Crippen molar-refractivity contribution in [1.29, 1.82) is 0 Å². The summed E-state index contributed by atoms with van der Waals surface area (Å²) in [6.07, 6.45) is 4.05. The molecule has 3 aliphatic rings. The van der Waals surface area contributed by atoms with Gasteiger partial charge in [-0.05, 0) is 63.5 Å². The van der Waals surface area contributed by atoms with Crippen molar-refractivity contribution in [2.24, 2.45) is 0 Å². The van der Waals surface area contributed by atoms with Crippen molar-refractivity contribution in [3.63, 3.8) is 0 Å². The molecule has 0 aromatic carbocycles. The first-order valence-corrected chi connectivity index (χ1v) is 13.0. The molecular formula is C23H30N2O5S2. The standard InChI is InChI=1S/C23H30N2O5S2/c1-23(2,3)30-22(28)19-14(11-15-7-4-5-9-29-15)13-32-21-18(20(27)25(19)21)24-17(26)12-16-8-6-10-31-16/h6,8,10,15,18,21H,4-5,7,9,11-13H2,1-3H3,(H,24,26)/t15?,18?,21-/m1/s1. The second-order valence-electron chi connectivity index (χ2n) is 9.36. The number of fused-ring (bicyclic) bond motifs is 1. The van der Waals surface area contributed by atoms with Crippen molar-refractivity contribution in [2.45, 2.75) is 76.0 Å². The number of rotatable bonds is 6. The number of carbonyl (C=O) groups is 3. The Labute approximate surface area is 196 Å². The molecule has 1 aromatic rings. The molecule has 2 unspecified atom stereocenters. The first-order chi connectivity index (χ1) is 15.2. The maximum Gasteiger partial charge on any atom is 0.355 e. The van der Waals surface area contributed by atoms with E-state index in [-0.39, 0.29) is 29.7 Å². The fourth-order valence-corrected chi connectivity index (χ4v) is 6.26. The monoisotopic (exact) mass is 478 g/mol. The molecule has 7 nitrogen and oxygen atoms in total. The number of nitrogens with zero attached hydrogens (tertiary/aromatic N) is 1. The number of thiophene rings is 1. The molecular weight excluding hydrogens is 448 g/mol. The zero-order valence-corrected chi connectivity index (χ0v) is 20.4. The third-order valence-electron chi connectivity index (χ3n) is 5.62. The van der Waals surface area contributed by atoms with E-state index in [0.29, 0.717) is 17.9 Å². The Balaban J connectivity index is 1.51. The van der Waals surface area contributed by atoms with Crippen LogP contribution in [0.5, 0.6) is 0 Å². The molecule has 0 aliphatic carbocycles. The molecule has 4 heterocycles. The van der Waals surface area contributed by atoms with Crippen LogP contribution in [0.4, 0.5) is 0 Å². The van der Waals surface area contributed by atoms with Crippen LogP contribution in [-0.4, -0.2) is 58.2 Å². The molecule has 1 N–H and O–H groups in total. The summed E-state index contributed by atoms with van der Waals surface area (Å²) in [5.41, 5.74) is 0.564. The van der Waals surface area contributed by atoms with Crippen LogP contribution < -0.4 is 5.32 Å². The van der Waals surface area contributed by atoms with Crippen molar-refractivity contribution in [1.82, 2.24) is 10.2 Å². The SMILES string of the molecule is CC(C)(C)OC(=O)C1=C(CC2CCCCO2)CS[C@@H]2C(NC(=O)Cc3cccs3)C(=O)N12. The molecule has 3 atom stereocenters. The van der Waals surface area contributed by atoms with E-state index in [1.807, 2.05) is 38.3 Å². The van der Waals surface area contributed by atoms with Crippen LogP contribution in [0.3, 0.4) is 0 Å². The predicted molar refractivity (Wildman–Crippen MR) is 124 cm³/mol. The normalized spacial score (nSPS) is 25.8. The number of thioether (sulfide) groups is 1. The third-order valence-corrected chi connectivity index (χ3v) is 7.83. The van der Waals surface area contributed by atoms with Gasteiger partial charge >= 0.3 is 5.97 Å². The van der Waals surface area contributed by atoms with Gasteiger partial charge in [-0.25, -0.2) is 4.79 Å². The molecule has 2 fully saturated rings. The van der Waals surface area contributed by atoms with E-state index < -0.39 is 17.6 Å². The Hall–Kier alpha value is -1.84. The van der Waals surface area contributed by atoms with Gasteiger partial charge in [0.05, 0.1) is 12.5 Å². The largest absolute Gasteiger partial charge is 0.455 e. The first kappa shape index (κ1) is 23.3.